The standard InChI is InChI=1S/C14H21Cl/c1-5-6-14(15)12(4)13-9-10(2)7-8-11(13)3/h7-9,12,14H,5-6H2,1-4H3. The van der Waals surface area contributed by atoms with Crippen molar-refractivity contribution in [1.29, 1.82) is 0 Å². The van der Waals surface area contributed by atoms with E-state index in [4.69, 9.17) is 11.6 Å². The summed E-state index contributed by atoms with van der Waals surface area (Å²) in [6.45, 7) is 8.72. The Morgan fingerprint density at radius 1 is 1.27 bits per heavy atom. The van der Waals surface area contributed by atoms with Crippen molar-refractivity contribution in [2.24, 2.45) is 0 Å². The van der Waals surface area contributed by atoms with E-state index in [2.05, 4.69) is 45.9 Å². The van der Waals surface area contributed by atoms with Gasteiger partial charge < -0.3 is 0 Å². The average Bonchev–Trinajstić information content (AvgIpc) is 2.21. The fourth-order valence-corrected chi connectivity index (χ4v) is 2.33. The molecule has 2 unspecified atom stereocenters. The molecule has 0 nitrogen and oxygen atoms in total. The van der Waals surface area contributed by atoms with Gasteiger partial charge >= 0.3 is 0 Å². The minimum Gasteiger partial charge on any atom is -0.122 e. The second-order valence-corrected chi connectivity index (χ2v) is 5.01. The minimum atomic E-state index is 0.260. The number of halogens is 1. The predicted octanol–water partition coefficient (Wildman–Crippen LogP) is 4.81. The van der Waals surface area contributed by atoms with E-state index in [1.807, 2.05) is 0 Å². The molecule has 1 rings (SSSR count). The van der Waals surface area contributed by atoms with Crippen LogP contribution in [0.5, 0.6) is 0 Å². The zero-order chi connectivity index (χ0) is 11.4. The first-order chi connectivity index (χ1) is 7.06. The van der Waals surface area contributed by atoms with Crippen LogP contribution in [0.3, 0.4) is 0 Å². The summed E-state index contributed by atoms with van der Waals surface area (Å²) in [5, 5.41) is 0.260. The molecular formula is C14H21Cl. The highest BCUT2D eigenvalue weighted by molar-refractivity contribution is 6.21. The molecule has 0 aromatic heterocycles. The van der Waals surface area contributed by atoms with Gasteiger partial charge in [0, 0.05) is 5.38 Å². The Bertz CT molecular complexity index is 317. The largest absolute Gasteiger partial charge is 0.122 e. The zero-order valence-electron chi connectivity index (χ0n) is 10.2. The lowest BCUT2D eigenvalue weighted by Crippen LogP contribution is -2.10. The van der Waals surface area contributed by atoms with Crippen LogP contribution in [0.1, 0.15) is 49.3 Å². The Kier molecular flexibility index (Phi) is 4.66. The maximum absolute atomic E-state index is 6.39. The van der Waals surface area contributed by atoms with Crippen molar-refractivity contribution in [2.75, 3.05) is 0 Å². The summed E-state index contributed by atoms with van der Waals surface area (Å²) >= 11 is 6.39. The third-order valence-electron chi connectivity index (χ3n) is 3.03. The van der Waals surface area contributed by atoms with Crippen LogP contribution in [0.15, 0.2) is 18.2 Å². The van der Waals surface area contributed by atoms with Crippen molar-refractivity contribution < 1.29 is 0 Å². The third kappa shape index (κ3) is 3.24. The van der Waals surface area contributed by atoms with Gasteiger partial charge in [-0.3, -0.25) is 0 Å². The SMILES string of the molecule is CCCC(Cl)C(C)c1cc(C)ccc1C. The van der Waals surface area contributed by atoms with E-state index < -0.39 is 0 Å². The van der Waals surface area contributed by atoms with Gasteiger partial charge in [0.2, 0.25) is 0 Å². The molecule has 15 heavy (non-hydrogen) atoms. The molecule has 0 saturated heterocycles. The first kappa shape index (κ1) is 12.6. The molecule has 0 saturated carbocycles. The van der Waals surface area contributed by atoms with E-state index in [-0.39, 0.29) is 5.38 Å². The Labute approximate surface area is 98.7 Å². The quantitative estimate of drug-likeness (QED) is 0.644. The van der Waals surface area contributed by atoms with Crippen LogP contribution in [-0.2, 0) is 0 Å². The Hall–Kier alpha value is -0.490. The fourth-order valence-electron chi connectivity index (χ4n) is 1.97. The molecule has 0 aliphatic carbocycles. The average molecular weight is 225 g/mol. The van der Waals surface area contributed by atoms with Gasteiger partial charge in [0.05, 0.1) is 0 Å². The lowest BCUT2D eigenvalue weighted by molar-refractivity contribution is 0.631. The topological polar surface area (TPSA) is 0 Å². The molecule has 0 aliphatic rings. The molecule has 0 amide bonds. The van der Waals surface area contributed by atoms with Crippen LogP contribution in [0.2, 0.25) is 0 Å². The summed E-state index contributed by atoms with van der Waals surface area (Å²) in [6.07, 6.45) is 2.25. The van der Waals surface area contributed by atoms with Gasteiger partial charge in [-0.1, -0.05) is 44.0 Å². The molecule has 1 aromatic carbocycles. The van der Waals surface area contributed by atoms with E-state index in [9.17, 15) is 0 Å². The van der Waals surface area contributed by atoms with E-state index in [0.29, 0.717) is 5.92 Å². The Balaban J connectivity index is 2.89. The molecule has 2 atom stereocenters. The van der Waals surface area contributed by atoms with Crippen molar-refractivity contribution in [3.05, 3.63) is 34.9 Å². The van der Waals surface area contributed by atoms with Gasteiger partial charge in [0.15, 0.2) is 0 Å². The Morgan fingerprint density at radius 3 is 2.53 bits per heavy atom. The van der Waals surface area contributed by atoms with Crippen molar-refractivity contribution in [2.45, 2.75) is 51.8 Å². The number of hydrogen-bond acceptors (Lipinski definition) is 0. The van der Waals surface area contributed by atoms with Gasteiger partial charge in [-0.2, -0.15) is 0 Å². The summed E-state index contributed by atoms with van der Waals surface area (Å²) < 4.78 is 0. The van der Waals surface area contributed by atoms with Gasteiger partial charge in [0.1, 0.15) is 0 Å². The number of rotatable bonds is 4. The molecule has 1 aromatic rings. The van der Waals surface area contributed by atoms with Crippen molar-refractivity contribution >= 4 is 11.6 Å². The van der Waals surface area contributed by atoms with Gasteiger partial charge in [-0.05, 0) is 37.3 Å². The predicted molar refractivity (Wildman–Crippen MR) is 68.9 cm³/mol. The summed E-state index contributed by atoms with van der Waals surface area (Å²) in [5.74, 6) is 0.450. The van der Waals surface area contributed by atoms with Crippen molar-refractivity contribution in [3.63, 3.8) is 0 Å². The maximum atomic E-state index is 6.39. The summed E-state index contributed by atoms with van der Waals surface area (Å²) in [4.78, 5) is 0. The molecule has 0 N–H and O–H groups in total. The third-order valence-corrected chi connectivity index (χ3v) is 3.63. The number of alkyl halides is 1. The number of hydrogen-bond donors (Lipinski definition) is 0. The smallest absolute Gasteiger partial charge is 0.0402 e. The molecule has 0 radical (unpaired) electrons. The van der Waals surface area contributed by atoms with Gasteiger partial charge in [-0.25, -0.2) is 0 Å². The van der Waals surface area contributed by atoms with Crippen molar-refractivity contribution in [1.82, 2.24) is 0 Å². The van der Waals surface area contributed by atoms with Crippen LogP contribution in [0.4, 0.5) is 0 Å². The summed E-state index contributed by atoms with van der Waals surface area (Å²) in [6, 6.07) is 6.62. The highest BCUT2D eigenvalue weighted by Crippen LogP contribution is 2.29. The molecule has 0 bridgehead atoms. The molecular weight excluding hydrogens is 204 g/mol. The van der Waals surface area contributed by atoms with E-state index in [1.165, 1.54) is 16.7 Å². The van der Waals surface area contributed by atoms with Crippen LogP contribution < -0.4 is 0 Å². The lowest BCUT2D eigenvalue weighted by Gasteiger charge is -2.20. The molecule has 84 valence electrons. The molecule has 1 heteroatoms. The van der Waals surface area contributed by atoms with Crippen LogP contribution in [0.25, 0.3) is 0 Å². The first-order valence-electron chi connectivity index (χ1n) is 5.77. The highest BCUT2D eigenvalue weighted by atomic mass is 35.5. The van der Waals surface area contributed by atoms with E-state index >= 15 is 0 Å². The Morgan fingerprint density at radius 2 is 1.93 bits per heavy atom. The zero-order valence-corrected chi connectivity index (χ0v) is 10.9. The highest BCUT2D eigenvalue weighted by Gasteiger charge is 2.17. The second kappa shape index (κ2) is 5.55. The van der Waals surface area contributed by atoms with Gasteiger partial charge in [0.25, 0.3) is 0 Å². The first-order valence-corrected chi connectivity index (χ1v) is 6.21. The normalized spacial score (nSPS) is 15.0. The number of benzene rings is 1. The maximum Gasteiger partial charge on any atom is 0.0402 e. The van der Waals surface area contributed by atoms with Crippen LogP contribution in [0, 0.1) is 13.8 Å². The summed E-state index contributed by atoms with van der Waals surface area (Å²) in [7, 11) is 0. The monoisotopic (exact) mass is 224 g/mol. The van der Waals surface area contributed by atoms with E-state index in [0.717, 1.165) is 12.8 Å². The van der Waals surface area contributed by atoms with Crippen LogP contribution in [-0.4, -0.2) is 5.38 Å². The van der Waals surface area contributed by atoms with Crippen molar-refractivity contribution in [3.8, 4) is 0 Å². The molecule has 0 fully saturated rings. The molecule has 0 spiro atoms. The lowest BCUT2D eigenvalue weighted by atomic mass is 9.90. The summed E-state index contributed by atoms with van der Waals surface area (Å²) in [5.41, 5.74) is 4.08. The van der Waals surface area contributed by atoms with E-state index in [1.54, 1.807) is 0 Å². The number of aryl methyl sites for hydroxylation is 2. The molecule has 0 aliphatic heterocycles. The van der Waals surface area contributed by atoms with Gasteiger partial charge in [-0.15, -0.1) is 11.6 Å². The molecule has 0 heterocycles. The second-order valence-electron chi connectivity index (χ2n) is 4.45. The van der Waals surface area contributed by atoms with Crippen LogP contribution >= 0.6 is 11.6 Å². The fraction of sp³-hybridized carbons (Fsp3) is 0.571. The minimum absolute atomic E-state index is 0.260.